The van der Waals surface area contributed by atoms with Crippen molar-refractivity contribution in [3.63, 3.8) is 0 Å². The zero-order chi connectivity index (χ0) is 14.9. The van der Waals surface area contributed by atoms with E-state index in [-0.39, 0.29) is 5.56 Å². The van der Waals surface area contributed by atoms with Crippen LogP contribution in [0.2, 0.25) is 0 Å². The molecule has 106 valence electrons. The molecule has 2 aromatic carbocycles. The molecule has 0 aliphatic heterocycles. The van der Waals surface area contributed by atoms with Crippen LogP contribution < -0.4 is 0 Å². The molecule has 0 spiro atoms. The summed E-state index contributed by atoms with van der Waals surface area (Å²) in [7, 11) is 0. The smallest absolute Gasteiger partial charge is 0.417 e. The fourth-order valence-electron chi connectivity index (χ4n) is 2.24. The fourth-order valence-corrected chi connectivity index (χ4v) is 2.24. The summed E-state index contributed by atoms with van der Waals surface area (Å²) in [5, 5.41) is 0. The van der Waals surface area contributed by atoms with Crippen LogP contribution in [-0.4, -0.2) is 0 Å². The largest absolute Gasteiger partial charge is 0.464 e. The summed E-state index contributed by atoms with van der Waals surface area (Å²) in [6.45, 7) is 0. The first-order chi connectivity index (χ1) is 10.1. The molecule has 1 heterocycles. The van der Waals surface area contributed by atoms with Crippen LogP contribution in [-0.2, 0) is 6.18 Å². The van der Waals surface area contributed by atoms with E-state index in [4.69, 9.17) is 4.42 Å². The van der Waals surface area contributed by atoms with Crippen molar-refractivity contribution in [1.29, 1.82) is 0 Å². The first-order valence-corrected chi connectivity index (χ1v) is 6.36. The van der Waals surface area contributed by atoms with Crippen molar-refractivity contribution in [2.24, 2.45) is 0 Å². The zero-order valence-electron chi connectivity index (χ0n) is 10.9. The Kier molecular flexibility index (Phi) is 3.29. The molecule has 4 heteroatoms. The van der Waals surface area contributed by atoms with E-state index in [1.165, 1.54) is 12.1 Å². The van der Waals surface area contributed by atoms with Crippen LogP contribution in [0.25, 0.3) is 22.5 Å². The number of benzene rings is 2. The third-order valence-corrected chi connectivity index (χ3v) is 3.23. The maximum atomic E-state index is 13.0. The van der Waals surface area contributed by atoms with Crippen LogP contribution in [0.4, 0.5) is 13.2 Å². The highest BCUT2D eigenvalue weighted by atomic mass is 19.4. The van der Waals surface area contributed by atoms with Crippen LogP contribution in [0.5, 0.6) is 0 Å². The van der Waals surface area contributed by atoms with Crippen LogP contribution >= 0.6 is 0 Å². The van der Waals surface area contributed by atoms with E-state index in [0.717, 1.165) is 11.6 Å². The first kappa shape index (κ1) is 13.5. The number of hydrogen-bond donors (Lipinski definition) is 0. The van der Waals surface area contributed by atoms with Crippen molar-refractivity contribution in [3.8, 4) is 22.5 Å². The number of alkyl halides is 3. The summed E-state index contributed by atoms with van der Waals surface area (Å²) >= 11 is 0. The van der Waals surface area contributed by atoms with E-state index in [9.17, 15) is 13.2 Å². The van der Waals surface area contributed by atoms with Crippen molar-refractivity contribution in [1.82, 2.24) is 0 Å². The van der Waals surface area contributed by atoms with Gasteiger partial charge in [-0.2, -0.15) is 13.2 Å². The molecule has 3 rings (SSSR count). The molecule has 0 amide bonds. The monoisotopic (exact) mass is 288 g/mol. The topological polar surface area (TPSA) is 13.1 Å². The van der Waals surface area contributed by atoms with Crippen LogP contribution in [0.15, 0.2) is 71.3 Å². The molecule has 1 nitrogen and oxygen atoms in total. The Balaban J connectivity index is 2.02. The molecule has 0 saturated carbocycles. The van der Waals surface area contributed by atoms with E-state index in [2.05, 4.69) is 0 Å². The number of hydrogen-bond acceptors (Lipinski definition) is 1. The van der Waals surface area contributed by atoms with Gasteiger partial charge in [-0.1, -0.05) is 42.5 Å². The quantitative estimate of drug-likeness (QED) is 0.595. The molecule has 0 N–H and O–H groups in total. The van der Waals surface area contributed by atoms with Crippen molar-refractivity contribution in [2.75, 3.05) is 0 Å². The van der Waals surface area contributed by atoms with Gasteiger partial charge >= 0.3 is 6.18 Å². The number of halogens is 3. The molecular formula is C17H11F3O. The van der Waals surface area contributed by atoms with E-state index in [0.29, 0.717) is 11.3 Å². The van der Waals surface area contributed by atoms with Gasteiger partial charge in [0, 0.05) is 5.56 Å². The van der Waals surface area contributed by atoms with Crippen LogP contribution in [0.3, 0.4) is 0 Å². The highest BCUT2D eigenvalue weighted by Crippen LogP contribution is 2.37. The van der Waals surface area contributed by atoms with Gasteiger partial charge in [-0.05, 0) is 29.3 Å². The van der Waals surface area contributed by atoms with Gasteiger partial charge in [0.05, 0.1) is 11.8 Å². The fraction of sp³-hybridized carbons (Fsp3) is 0.0588. The van der Waals surface area contributed by atoms with Gasteiger partial charge in [0.15, 0.2) is 0 Å². The van der Waals surface area contributed by atoms with Crippen molar-refractivity contribution in [2.45, 2.75) is 6.18 Å². The van der Waals surface area contributed by atoms with Gasteiger partial charge in [0.2, 0.25) is 0 Å². The minimum atomic E-state index is -4.36. The number of rotatable bonds is 2. The van der Waals surface area contributed by atoms with Crippen molar-refractivity contribution >= 4 is 0 Å². The van der Waals surface area contributed by atoms with Gasteiger partial charge < -0.3 is 4.42 Å². The normalized spacial score (nSPS) is 11.6. The summed E-state index contributed by atoms with van der Waals surface area (Å²) in [6.07, 6.45) is -2.81. The Labute approximate surface area is 119 Å². The van der Waals surface area contributed by atoms with Crippen molar-refractivity contribution < 1.29 is 17.6 Å². The second kappa shape index (κ2) is 5.13. The Morgan fingerprint density at radius 2 is 1.38 bits per heavy atom. The molecule has 0 saturated heterocycles. The lowest BCUT2D eigenvalue weighted by Crippen LogP contribution is -2.06. The maximum absolute atomic E-state index is 13.0. The lowest BCUT2D eigenvalue weighted by atomic mass is 9.98. The van der Waals surface area contributed by atoms with Crippen LogP contribution in [0.1, 0.15) is 5.56 Å². The Hall–Kier alpha value is -2.49. The van der Waals surface area contributed by atoms with E-state index in [1.54, 1.807) is 48.7 Å². The summed E-state index contributed by atoms with van der Waals surface area (Å²) in [5.74, 6) is 0.686. The number of furan rings is 1. The summed E-state index contributed by atoms with van der Waals surface area (Å²) in [4.78, 5) is 0. The molecule has 1 aromatic heterocycles. The minimum Gasteiger partial charge on any atom is -0.464 e. The molecule has 0 aliphatic carbocycles. The van der Waals surface area contributed by atoms with Gasteiger partial charge in [0.25, 0.3) is 0 Å². The molecular weight excluding hydrogens is 277 g/mol. The molecule has 3 aromatic rings. The Bertz CT molecular complexity index is 725. The SMILES string of the molecule is FC(F)(F)c1ccccc1-c1ccc(-c2ccco2)cc1. The maximum Gasteiger partial charge on any atom is 0.417 e. The highest BCUT2D eigenvalue weighted by molar-refractivity contribution is 5.71. The Morgan fingerprint density at radius 1 is 0.714 bits per heavy atom. The third kappa shape index (κ3) is 2.70. The summed E-state index contributed by atoms with van der Waals surface area (Å²) in [6, 6.07) is 16.0. The molecule has 0 radical (unpaired) electrons. The van der Waals surface area contributed by atoms with Gasteiger partial charge in [0.1, 0.15) is 5.76 Å². The van der Waals surface area contributed by atoms with Crippen molar-refractivity contribution in [3.05, 3.63) is 72.5 Å². The van der Waals surface area contributed by atoms with Gasteiger partial charge in [-0.3, -0.25) is 0 Å². The highest BCUT2D eigenvalue weighted by Gasteiger charge is 2.33. The van der Waals surface area contributed by atoms with E-state index >= 15 is 0 Å². The third-order valence-electron chi connectivity index (χ3n) is 3.23. The average molecular weight is 288 g/mol. The summed E-state index contributed by atoms with van der Waals surface area (Å²) < 4.78 is 44.3. The van der Waals surface area contributed by atoms with E-state index < -0.39 is 11.7 Å². The molecule has 0 aliphatic rings. The second-order valence-corrected chi connectivity index (χ2v) is 4.60. The molecule has 21 heavy (non-hydrogen) atoms. The standard InChI is InChI=1S/C17H11F3O/c18-17(19,20)15-5-2-1-4-14(15)12-7-9-13(10-8-12)16-6-3-11-21-16/h1-11H. The molecule has 0 fully saturated rings. The second-order valence-electron chi connectivity index (χ2n) is 4.60. The molecule has 0 unspecified atom stereocenters. The lowest BCUT2D eigenvalue weighted by Gasteiger charge is -2.12. The Morgan fingerprint density at radius 3 is 2.00 bits per heavy atom. The first-order valence-electron chi connectivity index (χ1n) is 6.36. The minimum absolute atomic E-state index is 0.177. The average Bonchev–Trinajstić information content (AvgIpc) is 3.01. The zero-order valence-corrected chi connectivity index (χ0v) is 10.9. The van der Waals surface area contributed by atoms with Gasteiger partial charge in [-0.25, -0.2) is 0 Å². The predicted molar refractivity (Wildman–Crippen MR) is 74.6 cm³/mol. The molecule has 0 bridgehead atoms. The van der Waals surface area contributed by atoms with E-state index in [1.807, 2.05) is 0 Å². The summed E-state index contributed by atoms with van der Waals surface area (Å²) in [5.41, 5.74) is 0.901. The lowest BCUT2D eigenvalue weighted by molar-refractivity contribution is -0.137. The predicted octanol–water partition coefficient (Wildman–Crippen LogP) is 5.63. The van der Waals surface area contributed by atoms with Gasteiger partial charge in [-0.15, -0.1) is 0 Å². The molecule has 0 atom stereocenters. The van der Waals surface area contributed by atoms with Crippen LogP contribution in [0, 0.1) is 0 Å².